The maximum Gasteiger partial charge on any atom is 0.272 e. The second kappa shape index (κ2) is 8.29. The van der Waals surface area contributed by atoms with Gasteiger partial charge in [-0.15, -0.1) is 0 Å². The molecule has 0 spiro atoms. The lowest BCUT2D eigenvalue weighted by atomic mass is 10.2. The highest BCUT2D eigenvalue weighted by Gasteiger charge is 2.03. The molecule has 3 N–H and O–H groups in total. The standard InChI is InChI=1S/C19H16N6O/c20-18-11-8-15(13-21-18)19(26)25-22-12-14-6-9-17(10-7-14)24-23-16-4-2-1-3-5-16/h1-13H,(H2,20,21)(H,25,26)/b22-12+,24-23?. The zero-order valence-electron chi connectivity index (χ0n) is 13.8. The molecule has 0 saturated carbocycles. The molecule has 0 aliphatic heterocycles. The van der Waals surface area contributed by atoms with E-state index in [2.05, 4.69) is 25.7 Å². The van der Waals surface area contributed by atoms with Crippen LogP contribution in [0.4, 0.5) is 17.2 Å². The largest absolute Gasteiger partial charge is 0.384 e. The quantitative estimate of drug-likeness (QED) is 0.417. The Hall–Kier alpha value is -3.87. The molecule has 7 nitrogen and oxygen atoms in total. The Balaban J connectivity index is 1.57. The normalized spacial score (nSPS) is 11.1. The van der Waals surface area contributed by atoms with Crippen molar-refractivity contribution in [3.63, 3.8) is 0 Å². The fraction of sp³-hybridized carbons (Fsp3) is 0. The first kappa shape index (κ1) is 17.0. The summed E-state index contributed by atoms with van der Waals surface area (Å²) in [5.74, 6) is -0.00316. The van der Waals surface area contributed by atoms with Gasteiger partial charge >= 0.3 is 0 Å². The number of aromatic nitrogens is 1. The lowest BCUT2D eigenvalue weighted by Crippen LogP contribution is -2.17. The van der Waals surface area contributed by atoms with E-state index in [0.717, 1.165) is 16.9 Å². The average molecular weight is 344 g/mol. The molecule has 0 atom stereocenters. The first-order chi connectivity index (χ1) is 12.7. The fourth-order valence-electron chi connectivity index (χ4n) is 2.01. The van der Waals surface area contributed by atoms with Crippen molar-refractivity contribution in [3.05, 3.63) is 84.1 Å². The van der Waals surface area contributed by atoms with Crippen LogP contribution < -0.4 is 11.2 Å². The predicted octanol–water partition coefficient (Wildman–Crippen LogP) is 3.84. The zero-order chi connectivity index (χ0) is 18.2. The number of nitrogen functional groups attached to an aromatic ring is 1. The van der Waals surface area contributed by atoms with Gasteiger partial charge in [0.1, 0.15) is 5.82 Å². The van der Waals surface area contributed by atoms with E-state index in [1.165, 1.54) is 6.20 Å². The third-order valence-corrected chi connectivity index (χ3v) is 3.36. The summed E-state index contributed by atoms with van der Waals surface area (Å²) in [5, 5.41) is 12.2. The van der Waals surface area contributed by atoms with Gasteiger partial charge in [0.15, 0.2) is 0 Å². The third kappa shape index (κ3) is 4.81. The van der Waals surface area contributed by atoms with Crippen molar-refractivity contribution in [2.24, 2.45) is 15.3 Å². The average Bonchev–Trinajstić information content (AvgIpc) is 2.68. The molecular formula is C19H16N6O. The number of carbonyl (C=O) groups excluding carboxylic acids is 1. The Morgan fingerprint density at radius 2 is 1.62 bits per heavy atom. The van der Waals surface area contributed by atoms with Crippen molar-refractivity contribution in [1.82, 2.24) is 10.4 Å². The summed E-state index contributed by atoms with van der Waals surface area (Å²) in [6.07, 6.45) is 2.94. The van der Waals surface area contributed by atoms with E-state index >= 15 is 0 Å². The second-order valence-corrected chi connectivity index (χ2v) is 5.30. The Morgan fingerprint density at radius 3 is 2.27 bits per heavy atom. The Kier molecular flexibility index (Phi) is 5.41. The number of anilines is 1. The summed E-state index contributed by atoms with van der Waals surface area (Å²) in [7, 11) is 0. The summed E-state index contributed by atoms with van der Waals surface area (Å²) in [5.41, 5.74) is 10.6. The SMILES string of the molecule is Nc1ccc(C(=O)N/N=C/c2ccc(N=Nc3ccccc3)cc2)cn1. The van der Waals surface area contributed by atoms with Crippen LogP contribution in [0.2, 0.25) is 0 Å². The lowest BCUT2D eigenvalue weighted by Gasteiger charge is -2.00. The van der Waals surface area contributed by atoms with Crippen molar-refractivity contribution < 1.29 is 4.79 Å². The number of nitrogens with zero attached hydrogens (tertiary/aromatic N) is 4. The third-order valence-electron chi connectivity index (χ3n) is 3.36. The lowest BCUT2D eigenvalue weighted by molar-refractivity contribution is 0.0955. The van der Waals surface area contributed by atoms with Crippen LogP contribution in [-0.4, -0.2) is 17.1 Å². The molecule has 0 aliphatic carbocycles. The number of pyridine rings is 1. The zero-order valence-corrected chi connectivity index (χ0v) is 13.8. The molecule has 7 heteroatoms. The minimum absolute atomic E-state index is 0.356. The van der Waals surface area contributed by atoms with Gasteiger partial charge in [-0.1, -0.05) is 30.3 Å². The fourth-order valence-corrected chi connectivity index (χ4v) is 2.01. The van der Waals surface area contributed by atoms with Crippen molar-refractivity contribution in [1.29, 1.82) is 0 Å². The van der Waals surface area contributed by atoms with Crippen LogP contribution in [0.3, 0.4) is 0 Å². The topological polar surface area (TPSA) is 105 Å². The summed E-state index contributed by atoms with van der Waals surface area (Å²) in [4.78, 5) is 15.7. The molecule has 0 radical (unpaired) electrons. The molecule has 3 rings (SSSR count). The van der Waals surface area contributed by atoms with E-state index in [1.807, 2.05) is 54.6 Å². The number of amides is 1. The van der Waals surface area contributed by atoms with Gasteiger partial charge in [0.05, 0.1) is 23.2 Å². The molecule has 0 unspecified atom stereocenters. The first-order valence-corrected chi connectivity index (χ1v) is 7.82. The molecule has 0 bridgehead atoms. The van der Waals surface area contributed by atoms with Crippen LogP contribution in [-0.2, 0) is 0 Å². The van der Waals surface area contributed by atoms with Gasteiger partial charge in [-0.25, -0.2) is 10.4 Å². The van der Waals surface area contributed by atoms with Gasteiger partial charge in [-0.2, -0.15) is 15.3 Å². The highest BCUT2D eigenvalue weighted by Crippen LogP contribution is 2.17. The highest BCUT2D eigenvalue weighted by atomic mass is 16.2. The molecule has 1 aromatic heterocycles. The van der Waals surface area contributed by atoms with E-state index < -0.39 is 0 Å². The van der Waals surface area contributed by atoms with Crippen molar-refractivity contribution in [2.75, 3.05) is 5.73 Å². The number of nitrogens with one attached hydrogen (secondary N) is 1. The monoisotopic (exact) mass is 344 g/mol. The van der Waals surface area contributed by atoms with Gasteiger partial charge in [0.25, 0.3) is 5.91 Å². The van der Waals surface area contributed by atoms with Crippen molar-refractivity contribution in [3.8, 4) is 0 Å². The van der Waals surface area contributed by atoms with Crippen LogP contribution in [0.5, 0.6) is 0 Å². The number of rotatable bonds is 5. The van der Waals surface area contributed by atoms with Gasteiger partial charge in [0, 0.05) is 6.20 Å². The molecule has 0 saturated heterocycles. The summed E-state index contributed by atoms with van der Waals surface area (Å²) < 4.78 is 0. The van der Waals surface area contributed by atoms with E-state index in [-0.39, 0.29) is 5.91 Å². The number of hydrogen-bond acceptors (Lipinski definition) is 6. The Bertz CT molecular complexity index is 919. The smallest absolute Gasteiger partial charge is 0.272 e. The summed E-state index contributed by atoms with van der Waals surface area (Å²) in [6.45, 7) is 0. The van der Waals surface area contributed by atoms with E-state index in [1.54, 1.807) is 18.3 Å². The van der Waals surface area contributed by atoms with Crippen molar-refractivity contribution in [2.45, 2.75) is 0 Å². The summed E-state index contributed by atoms with van der Waals surface area (Å²) in [6, 6.07) is 19.9. The number of azo groups is 1. The molecule has 0 fully saturated rings. The number of benzene rings is 2. The number of hydrogen-bond donors (Lipinski definition) is 2. The number of nitrogens with two attached hydrogens (primary N) is 1. The Labute approximate surface area is 150 Å². The maximum atomic E-state index is 11.9. The molecule has 2 aromatic carbocycles. The second-order valence-electron chi connectivity index (χ2n) is 5.30. The van der Waals surface area contributed by atoms with E-state index in [4.69, 9.17) is 5.73 Å². The molecule has 0 aliphatic rings. The molecule has 1 heterocycles. The van der Waals surface area contributed by atoms with Crippen LogP contribution >= 0.6 is 0 Å². The maximum absolute atomic E-state index is 11.9. The molecule has 26 heavy (non-hydrogen) atoms. The van der Waals surface area contributed by atoms with Gasteiger partial charge < -0.3 is 5.73 Å². The molecule has 128 valence electrons. The number of carbonyl (C=O) groups is 1. The first-order valence-electron chi connectivity index (χ1n) is 7.82. The number of hydrazone groups is 1. The minimum Gasteiger partial charge on any atom is -0.384 e. The van der Waals surface area contributed by atoms with E-state index in [9.17, 15) is 4.79 Å². The Morgan fingerprint density at radius 1 is 0.923 bits per heavy atom. The van der Waals surface area contributed by atoms with Crippen LogP contribution in [0.15, 0.2) is 88.3 Å². The predicted molar refractivity (Wildman–Crippen MR) is 101 cm³/mol. The van der Waals surface area contributed by atoms with Crippen LogP contribution in [0, 0.1) is 0 Å². The highest BCUT2D eigenvalue weighted by molar-refractivity contribution is 5.94. The van der Waals surface area contributed by atoms with Crippen LogP contribution in [0.25, 0.3) is 0 Å². The molecule has 3 aromatic rings. The van der Waals surface area contributed by atoms with Gasteiger partial charge in [-0.05, 0) is 42.0 Å². The molecular weight excluding hydrogens is 328 g/mol. The van der Waals surface area contributed by atoms with Gasteiger partial charge in [0.2, 0.25) is 0 Å². The van der Waals surface area contributed by atoms with Crippen LogP contribution in [0.1, 0.15) is 15.9 Å². The van der Waals surface area contributed by atoms with Gasteiger partial charge in [-0.3, -0.25) is 4.79 Å². The van der Waals surface area contributed by atoms with Crippen molar-refractivity contribution >= 4 is 29.3 Å². The molecule has 1 amide bonds. The minimum atomic E-state index is -0.359. The van der Waals surface area contributed by atoms with E-state index in [0.29, 0.717) is 11.4 Å². The summed E-state index contributed by atoms with van der Waals surface area (Å²) >= 11 is 0.